The van der Waals surface area contributed by atoms with E-state index in [1.54, 1.807) is 4.52 Å². The largest absolute Gasteiger partial charge is 0.459 e. The molecule has 0 aliphatic heterocycles. The number of ether oxygens (including phenoxy) is 1. The maximum Gasteiger partial charge on any atom is 0.378 e. The van der Waals surface area contributed by atoms with Crippen LogP contribution in [0.4, 0.5) is 0 Å². The summed E-state index contributed by atoms with van der Waals surface area (Å²) in [7, 11) is 0. The fraction of sp³-hybridized carbons (Fsp3) is 0.467. The first-order chi connectivity index (χ1) is 10.1. The van der Waals surface area contributed by atoms with E-state index < -0.39 is 5.97 Å². The Labute approximate surface area is 122 Å². The van der Waals surface area contributed by atoms with Gasteiger partial charge in [-0.2, -0.15) is 4.98 Å². The lowest BCUT2D eigenvalue weighted by molar-refractivity contribution is 0.0418. The molecule has 0 N–H and O–H groups in total. The summed E-state index contributed by atoms with van der Waals surface area (Å²) in [6.07, 6.45) is 7.38. The molecule has 1 atom stereocenters. The van der Waals surface area contributed by atoms with Crippen LogP contribution in [0.2, 0.25) is 0 Å². The van der Waals surface area contributed by atoms with E-state index in [9.17, 15) is 4.79 Å². The van der Waals surface area contributed by atoms with Crippen LogP contribution in [0.25, 0.3) is 5.78 Å². The number of carbonyl (C=O) groups is 1. The molecule has 2 heterocycles. The molecule has 2 aromatic rings. The lowest BCUT2D eigenvalue weighted by Gasteiger charge is -2.16. The number of hydrogen-bond acceptors (Lipinski definition) is 5. The molecule has 0 radical (unpaired) electrons. The summed E-state index contributed by atoms with van der Waals surface area (Å²) >= 11 is 0. The number of carbonyl (C=O) groups excluding carboxylic acids is 1. The third-order valence-electron chi connectivity index (χ3n) is 3.63. The normalized spacial score (nSPS) is 18.1. The molecule has 1 aliphatic rings. The smallest absolute Gasteiger partial charge is 0.378 e. The lowest BCUT2D eigenvalue weighted by Crippen LogP contribution is -2.16. The maximum atomic E-state index is 12.0. The average Bonchev–Trinajstić information content (AvgIpc) is 2.90. The van der Waals surface area contributed by atoms with Crippen molar-refractivity contribution in [2.24, 2.45) is 5.92 Å². The van der Waals surface area contributed by atoms with Crippen LogP contribution in [0, 0.1) is 19.8 Å². The Bertz CT molecular complexity index is 705. The van der Waals surface area contributed by atoms with Gasteiger partial charge in [-0.05, 0) is 45.1 Å². The van der Waals surface area contributed by atoms with Crippen molar-refractivity contribution in [3.63, 3.8) is 0 Å². The van der Waals surface area contributed by atoms with Gasteiger partial charge in [0.2, 0.25) is 0 Å². The summed E-state index contributed by atoms with van der Waals surface area (Å²) in [6.45, 7) is 4.21. The van der Waals surface area contributed by atoms with Gasteiger partial charge in [0.1, 0.15) is 0 Å². The summed E-state index contributed by atoms with van der Waals surface area (Å²) in [5.74, 6) is 0.424. The van der Waals surface area contributed by atoms with Crippen molar-refractivity contribution >= 4 is 11.7 Å². The summed E-state index contributed by atoms with van der Waals surface area (Å²) < 4.78 is 6.89. The van der Waals surface area contributed by atoms with Gasteiger partial charge in [0, 0.05) is 11.4 Å². The van der Waals surface area contributed by atoms with Crippen LogP contribution in [0.1, 0.15) is 41.3 Å². The quantitative estimate of drug-likeness (QED) is 0.639. The van der Waals surface area contributed by atoms with Crippen molar-refractivity contribution < 1.29 is 9.53 Å². The van der Waals surface area contributed by atoms with Gasteiger partial charge >= 0.3 is 5.97 Å². The van der Waals surface area contributed by atoms with Gasteiger partial charge in [-0.25, -0.2) is 14.3 Å². The molecule has 6 nitrogen and oxygen atoms in total. The highest BCUT2D eigenvalue weighted by atomic mass is 16.5. The van der Waals surface area contributed by atoms with E-state index >= 15 is 0 Å². The van der Waals surface area contributed by atoms with Crippen molar-refractivity contribution in [3.05, 3.63) is 35.4 Å². The summed E-state index contributed by atoms with van der Waals surface area (Å²) in [4.78, 5) is 20.5. The Kier molecular flexibility index (Phi) is 3.68. The van der Waals surface area contributed by atoms with Crippen LogP contribution in [0.15, 0.2) is 18.2 Å². The second-order valence-corrected chi connectivity index (χ2v) is 5.44. The SMILES string of the molecule is Cc1cc(C)n2nc(C(=O)OCC3CC=CCC3)nc2n1. The minimum atomic E-state index is -0.480. The minimum Gasteiger partial charge on any atom is -0.459 e. The Balaban J connectivity index is 1.72. The zero-order valence-corrected chi connectivity index (χ0v) is 12.2. The third-order valence-corrected chi connectivity index (χ3v) is 3.63. The van der Waals surface area contributed by atoms with Crippen LogP contribution >= 0.6 is 0 Å². The molecule has 0 saturated heterocycles. The first kappa shape index (κ1) is 13.7. The van der Waals surface area contributed by atoms with Crippen LogP contribution in [-0.2, 0) is 4.74 Å². The monoisotopic (exact) mass is 286 g/mol. The molecule has 21 heavy (non-hydrogen) atoms. The van der Waals surface area contributed by atoms with E-state index in [1.807, 2.05) is 19.9 Å². The second kappa shape index (κ2) is 5.63. The van der Waals surface area contributed by atoms with E-state index in [0.717, 1.165) is 30.7 Å². The van der Waals surface area contributed by atoms with Crippen LogP contribution in [-0.4, -0.2) is 32.2 Å². The number of aromatic nitrogens is 4. The highest BCUT2D eigenvalue weighted by Gasteiger charge is 2.18. The fourth-order valence-corrected chi connectivity index (χ4v) is 2.52. The Morgan fingerprint density at radius 1 is 1.38 bits per heavy atom. The van der Waals surface area contributed by atoms with Gasteiger partial charge in [0.05, 0.1) is 6.61 Å². The van der Waals surface area contributed by atoms with Gasteiger partial charge in [0.15, 0.2) is 0 Å². The molecule has 0 fully saturated rings. The number of aryl methyl sites for hydroxylation is 2. The summed E-state index contributed by atoms with van der Waals surface area (Å²) in [6, 6.07) is 1.89. The van der Waals surface area contributed by atoms with E-state index in [1.165, 1.54) is 0 Å². The van der Waals surface area contributed by atoms with Crippen molar-refractivity contribution in [3.8, 4) is 0 Å². The second-order valence-electron chi connectivity index (χ2n) is 5.44. The zero-order chi connectivity index (χ0) is 14.8. The van der Waals surface area contributed by atoms with Gasteiger partial charge in [-0.15, -0.1) is 5.10 Å². The molecule has 2 aromatic heterocycles. The molecule has 1 unspecified atom stereocenters. The summed E-state index contributed by atoms with van der Waals surface area (Å²) in [5.41, 5.74) is 1.74. The number of rotatable bonds is 3. The Morgan fingerprint density at radius 3 is 3.00 bits per heavy atom. The number of allylic oxidation sites excluding steroid dienone is 2. The first-order valence-corrected chi connectivity index (χ1v) is 7.16. The van der Waals surface area contributed by atoms with Gasteiger partial charge in [-0.3, -0.25) is 0 Å². The van der Waals surface area contributed by atoms with Crippen molar-refractivity contribution in [2.45, 2.75) is 33.1 Å². The van der Waals surface area contributed by atoms with Crippen LogP contribution in [0.3, 0.4) is 0 Å². The van der Waals surface area contributed by atoms with Gasteiger partial charge < -0.3 is 4.74 Å². The molecule has 0 saturated carbocycles. The average molecular weight is 286 g/mol. The maximum absolute atomic E-state index is 12.0. The highest BCUT2D eigenvalue weighted by molar-refractivity contribution is 5.85. The summed E-state index contributed by atoms with van der Waals surface area (Å²) in [5, 5.41) is 4.17. The fourth-order valence-electron chi connectivity index (χ4n) is 2.52. The van der Waals surface area contributed by atoms with E-state index in [2.05, 4.69) is 27.2 Å². The van der Waals surface area contributed by atoms with E-state index in [0.29, 0.717) is 18.3 Å². The lowest BCUT2D eigenvalue weighted by atomic mass is 9.95. The molecule has 0 amide bonds. The topological polar surface area (TPSA) is 69.4 Å². The molecule has 3 rings (SSSR count). The standard InChI is InChI=1S/C15H18N4O2/c1-10-8-11(2)19-15(16-10)17-13(18-19)14(20)21-9-12-6-4-3-5-7-12/h3-4,8,12H,5-7,9H2,1-2H3. The molecular formula is C15H18N4O2. The van der Waals surface area contributed by atoms with Crippen molar-refractivity contribution in [1.82, 2.24) is 19.6 Å². The number of esters is 1. The first-order valence-electron chi connectivity index (χ1n) is 7.16. The molecule has 0 aromatic carbocycles. The minimum absolute atomic E-state index is 0.0718. The van der Waals surface area contributed by atoms with Gasteiger partial charge in [-0.1, -0.05) is 12.2 Å². The number of fused-ring (bicyclic) bond motifs is 1. The molecule has 6 heteroatoms. The predicted octanol–water partition coefficient (Wildman–Crippen LogP) is 2.25. The van der Waals surface area contributed by atoms with Crippen LogP contribution in [0.5, 0.6) is 0 Å². The third kappa shape index (κ3) is 2.94. The molecule has 110 valence electrons. The Morgan fingerprint density at radius 2 is 2.24 bits per heavy atom. The van der Waals surface area contributed by atoms with Crippen molar-refractivity contribution in [2.75, 3.05) is 6.61 Å². The van der Waals surface area contributed by atoms with Gasteiger partial charge in [0.25, 0.3) is 11.6 Å². The Hall–Kier alpha value is -2.24. The zero-order valence-electron chi connectivity index (χ0n) is 12.2. The molecule has 0 spiro atoms. The molecule has 1 aliphatic carbocycles. The predicted molar refractivity (Wildman–Crippen MR) is 77.0 cm³/mol. The van der Waals surface area contributed by atoms with E-state index in [4.69, 9.17) is 4.74 Å². The van der Waals surface area contributed by atoms with Crippen molar-refractivity contribution in [1.29, 1.82) is 0 Å². The van der Waals surface area contributed by atoms with Crippen LogP contribution < -0.4 is 0 Å². The molecular weight excluding hydrogens is 268 g/mol. The number of hydrogen-bond donors (Lipinski definition) is 0. The molecule has 0 bridgehead atoms. The number of nitrogens with zero attached hydrogens (tertiary/aromatic N) is 4. The van der Waals surface area contributed by atoms with E-state index in [-0.39, 0.29) is 5.82 Å². The highest BCUT2D eigenvalue weighted by Crippen LogP contribution is 2.18.